The predicted molar refractivity (Wildman–Crippen MR) is 339 cm³/mol. The Hall–Kier alpha value is -7.97. The first-order chi connectivity index (χ1) is 42.9. The van der Waals surface area contributed by atoms with Gasteiger partial charge in [0.1, 0.15) is 42.5 Å². The van der Waals surface area contributed by atoms with Crippen LogP contribution >= 0.6 is 22.7 Å². The highest BCUT2D eigenvalue weighted by Gasteiger charge is 2.45. The molecule has 8 rings (SSSR count). The number of hydrazone groups is 1. The number of aryl methyl sites for hydroxylation is 1. The molecule has 0 unspecified atom stereocenters. The van der Waals surface area contributed by atoms with Gasteiger partial charge in [-0.1, -0.05) is 57.2 Å². The number of ketones is 1. The van der Waals surface area contributed by atoms with E-state index in [1.54, 1.807) is 90.2 Å². The molecule has 7 aromatic rings. The van der Waals surface area contributed by atoms with Crippen LogP contribution in [0.15, 0.2) is 126 Å². The van der Waals surface area contributed by atoms with Crippen molar-refractivity contribution in [1.82, 2.24) is 25.9 Å². The molecule has 0 saturated carbocycles. The van der Waals surface area contributed by atoms with E-state index in [9.17, 15) is 39.3 Å². The Morgan fingerprint density at radius 2 is 1.29 bits per heavy atom. The summed E-state index contributed by atoms with van der Waals surface area (Å²) >= 11 is 2.92. The highest BCUT2D eigenvalue weighted by atomic mass is 32.1. The summed E-state index contributed by atoms with van der Waals surface area (Å²) in [5, 5.41) is 41.2. The third kappa shape index (κ3) is 19.5. The number of aliphatic hydroxyl groups excluding tert-OH is 1. The molecule has 472 valence electrons. The lowest BCUT2D eigenvalue weighted by Crippen LogP contribution is -2.58. The van der Waals surface area contributed by atoms with Crippen molar-refractivity contribution in [3.05, 3.63) is 154 Å². The SMILES string of the molecule is Cc1ncsc1-c1ccc([C@H](C)NC(=O)[C@@H]2C[C@@H](O)CN2C(=O)[C@@H](NC(=O)COCCOCCOCCOCCOCCOCCOc2ccc(/C=N/NC(=O)c3cccc(C(=O)c4c(-c5ccc(O)cc5)sc5cc(O)ccc45)c3)cc2)C(C)(C)C)cc1. The van der Waals surface area contributed by atoms with E-state index in [-0.39, 0.29) is 67.6 Å². The molecule has 23 heteroatoms. The fraction of sp³-hybridized carbons (Fsp3) is 0.379. The summed E-state index contributed by atoms with van der Waals surface area (Å²) in [5.41, 5.74) is 8.91. The number of hydrogen-bond donors (Lipinski definition) is 6. The molecule has 1 aliphatic heterocycles. The van der Waals surface area contributed by atoms with Gasteiger partial charge in [0.05, 0.1) is 107 Å². The number of rotatable bonds is 33. The maximum atomic E-state index is 14.1. The molecule has 0 spiro atoms. The smallest absolute Gasteiger partial charge is 0.271 e. The zero-order valence-electron chi connectivity index (χ0n) is 50.4. The lowest BCUT2D eigenvalue weighted by Gasteiger charge is -2.35. The Morgan fingerprint density at radius 3 is 1.91 bits per heavy atom. The average molecular weight is 1260 g/mol. The molecular weight excluding hydrogens is 1180 g/mol. The minimum atomic E-state index is -0.986. The topological polar surface area (TPSA) is 275 Å². The number of thiazole rings is 1. The molecule has 4 amide bonds. The van der Waals surface area contributed by atoms with Crippen molar-refractivity contribution >= 4 is 68.4 Å². The number of hydrogen-bond acceptors (Lipinski definition) is 19. The van der Waals surface area contributed by atoms with Gasteiger partial charge in [0.25, 0.3) is 5.91 Å². The molecule has 0 aliphatic carbocycles. The normalized spacial score (nSPS) is 14.9. The second-order valence-corrected chi connectivity index (χ2v) is 24.0. The Morgan fingerprint density at radius 1 is 0.708 bits per heavy atom. The number of β-amino-alcohol motifs (C(OH)–C–C–N with tert-alkyl or cyclic N) is 1. The summed E-state index contributed by atoms with van der Waals surface area (Å²) in [6.07, 6.45) is 0.683. The minimum absolute atomic E-state index is 0.0338. The predicted octanol–water partition coefficient (Wildman–Crippen LogP) is 8.25. The van der Waals surface area contributed by atoms with Crippen LogP contribution in [0.25, 0.3) is 31.0 Å². The number of ether oxygens (including phenoxy) is 7. The van der Waals surface area contributed by atoms with Gasteiger partial charge >= 0.3 is 0 Å². The van der Waals surface area contributed by atoms with E-state index >= 15 is 0 Å². The number of benzene rings is 5. The van der Waals surface area contributed by atoms with Gasteiger partial charge in [-0.15, -0.1) is 22.7 Å². The van der Waals surface area contributed by atoms with Crippen LogP contribution in [-0.2, 0) is 42.8 Å². The van der Waals surface area contributed by atoms with Crippen LogP contribution in [0, 0.1) is 12.3 Å². The Balaban J connectivity index is 0.613. The van der Waals surface area contributed by atoms with Gasteiger partial charge < -0.3 is 64.0 Å². The van der Waals surface area contributed by atoms with Crippen LogP contribution in [0.3, 0.4) is 0 Å². The van der Waals surface area contributed by atoms with Gasteiger partial charge in [0, 0.05) is 44.6 Å². The Bertz CT molecular complexity index is 3500. The number of carbonyl (C=O) groups is 5. The van der Waals surface area contributed by atoms with Crippen molar-refractivity contribution in [1.29, 1.82) is 0 Å². The van der Waals surface area contributed by atoms with Crippen LogP contribution < -0.4 is 20.8 Å². The van der Waals surface area contributed by atoms with E-state index in [1.807, 2.05) is 64.4 Å². The van der Waals surface area contributed by atoms with E-state index in [0.717, 1.165) is 32.0 Å². The summed E-state index contributed by atoms with van der Waals surface area (Å²) in [7, 11) is 0. The number of nitrogens with zero attached hydrogens (tertiary/aromatic N) is 3. The number of carbonyl (C=O) groups excluding carboxylic acids is 5. The maximum absolute atomic E-state index is 14.1. The number of aromatic nitrogens is 1. The van der Waals surface area contributed by atoms with Crippen LogP contribution in [0.1, 0.15) is 83.3 Å². The monoisotopic (exact) mass is 1260 g/mol. The second kappa shape index (κ2) is 33.0. The quantitative estimate of drug-likeness (QED) is 0.00978. The number of aliphatic hydroxyl groups is 1. The summed E-state index contributed by atoms with van der Waals surface area (Å²) in [4.78, 5) is 75.3. The van der Waals surface area contributed by atoms with Gasteiger partial charge in [-0.25, -0.2) is 10.4 Å². The Kier molecular flexibility index (Phi) is 24.8. The fourth-order valence-corrected chi connectivity index (χ4v) is 11.7. The highest BCUT2D eigenvalue weighted by Crippen LogP contribution is 2.42. The molecule has 2 aromatic heterocycles. The summed E-state index contributed by atoms with van der Waals surface area (Å²) < 4.78 is 39.9. The molecule has 0 bridgehead atoms. The van der Waals surface area contributed by atoms with Crippen molar-refractivity contribution in [2.45, 2.75) is 65.3 Å². The largest absolute Gasteiger partial charge is 0.508 e. The number of thiophene rings is 1. The molecule has 1 aliphatic rings. The molecule has 1 saturated heterocycles. The fourth-order valence-electron chi connectivity index (χ4n) is 9.65. The average Bonchev–Trinajstić information content (AvgIpc) is 3.02. The molecule has 89 heavy (non-hydrogen) atoms. The number of fused-ring (bicyclic) bond motifs is 1. The van der Waals surface area contributed by atoms with Crippen LogP contribution in [0.2, 0.25) is 0 Å². The maximum Gasteiger partial charge on any atom is 0.271 e. The first kappa shape index (κ1) is 67.0. The van der Waals surface area contributed by atoms with E-state index < -0.39 is 41.3 Å². The molecule has 4 atom stereocenters. The highest BCUT2D eigenvalue weighted by molar-refractivity contribution is 7.22. The zero-order chi connectivity index (χ0) is 63.3. The van der Waals surface area contributed by atoms with Crippen molar-refractivity contribution in [2.75, 3.05) is 92.4 Å². The molecule has 3 heterocycles. The number of likely N-dealkylation sites (tertiary alicyclic amines) is 1. The van der Waals surface area contributed by atoms with Crippen LogP contribution in [0.4, 0.5) is 0 Å². The van der Waals surface area contributed by atoms with E-state index in [0.29, 0.717) is 98.8 Å². The molecular formula is C66H76N6O15S2. The third-order valence-electron chi connectivity index (χ3n) is 14.3. The van der Waals surface area contributed by atoms with E-state index in [1.165, 1.54) is 34.6 Å². The van der Waals surface area contributed by atoms with Gasteiger partial charge in [0.2, 0.25) is 17.7 Å². The first-order valence-electron chi connectivity index (χ1n) is 29.2. The number of amides is 4. The van der Waals surface area contributed by atoms with Gasteiger partial charge in [-0.2, -0.15) is 5.10 Å². The molecule has 1 fully saturated rings. The summed E-state index contributed by atoms with van der Waals surface area (Å²) in [6.45, 7) is 12.9. The molecule has 5 aromatic carbocycles. The first-order valence-corrected chi connectivity index (χ1v) is 30.9. The molecule has 0 radical (unpaired) electrons. The number of nitrogens with one attached hydrogen (secondary N) is 3. The van der Waals surface area contributed by atoms with Crippen molar-refractivity contribution in [2.24, 2.45) is 10.5 Å². The van der Waals surface area contributed by atoms with E-state index in [2.05, 4.69) is 26.1 Å². The van der Waals surface area contributed by atoms with E-state index in [4.69, 9.17) is 33.2 Å². The number of phenolic OH excluding ortho intramolecular Hbond substituents is 2. The second-order valence-electron chi connectivity index (χ2n) is 22.1. The lowest BCUT2D eigenvalue weighted by molar-refractivity contribution is -0.144. The zero-order valence-corrected chi connectivity index (χ0v) is 52.1. The van der Waals surface area contributed by atoms with Crippen LogP contribution in [0.5, 0.6) is 17.2 Å². The summed E-state index contributed by atoms with van der Waals surface area (Å²) in [5.74, 6) is -1.34. The minimum Gasteiger partial charge on any atom is -0.508 e. The van der Waals surface area contributed by atoms with Crippen molar-refractivity contribution in [3.63, 3.8) is 0 Å². The number of phenols is 2. The van der Waals surface area contributed by atoms with Gasteiger partial charge in [0.15, 0.2) is 5.78 Å². The molecule has 21 nitrogen and oxygen atoms in total. The standard InChI is InChI=1S/C66H76N6O15S2/c1-42(45-11-13-46(14-12-45)60-43(2)67-41-88-60)69-64(79)55-36-52(75)39-72(55)65(80)62(66(3,4)5)70-57(76)40-86-32-31-84-28-27-82-24-23-81-25-26-83-29-30-85-33-34-87-53-20-9-44(10-21-53)38-68-71-63(78)49-8-6-7-48(35-49)59(77)58-54-22-19-51(74)37-56(54)89-61(58)47-15-17-50(73)18-16-47/h6-22,35,37-38,41-42,52,55,62,73-75H,23-34,36,39-40H2,1-5H3,(H,69,79)(H,70,76)(H,71,78)/b68-38+/t42-,52+,55-,62+/m0/s1. The molecule has 6 N–H and O–H groups in total. The van der Waals surface area contributed by atoms with Gasteiger partial charge in [-0.3, -0.25) is 24.0 Å². The van der Waals surface area contributed by atoms with Crippen molar-refractivity contribution in [3.8, 4) is 38.1 Å². The van der Waals surface area contributed by atoms with Crippen LogP contribution in [-0.4, -0.2) is 171 Å². The lowest BCUT2D eigenvalue weighted by atomic mass is 9.85. The third-order valence-corrected chi connectivity index (χ3v) is 16.5. The number of aromatic hydroxyl groups is 2. The van der Waals surface area contributed by atoms with Gasteiger partial charge in [-0.05, 0) is 120 Å². The summed E-state index contributed by atoms with van der Waals surface area (Å²) in [6, 6.07) is 30.5. The van der Waals surface area contributed by atoms with Crippen molar-refractivity contribution < 1.29 is 72.5 Å². The Labute approximate surface area is 524 Å².